The van der Waals surface area contributed by atoms with Crippen LogP contribution in [0.2, 0.25) is 0 Å². The number of fused-ring (bicyclic) bond motifs is 1. The van der Waals surface area contributed by atoms with Crippen LogP contribution in [0, 0.1) is 5.82 Å². The molecule has 0 spiro atoms. The van der Waals surface area contributed by atoms with Crippen molar-refractivity contribution in [2.75, 3.05) is 32.8 Å². The highest BCUT2D eigenvalue weighted by Gasteiger charge is 2.26. The molecular formula is C16H18FN3O3. The molecule has 6 nitrogen and oxygen atoms in total. The van der Waals surface area contributed by atoms with Gasteiger partial charge in [0.15, 0.2) is 0 Å². The van der Waals surface area contributed by atoms with Gasteiger partial charge in [0.25, 0.3) is 5.91 Å². The SMILES string of the molecule is CCOC(=O)N1CCN(C(=O)c2c[nH]c3ccc(F)cc23)CC1. The molecule has 1 fully saturated rings. The van der Waals surface area contributed by atoms with Crippen LogP contribution in [-0.2, 0) is 4.74 Å². The number of rotatable bonds is 2. The predicted molar refractivity (Wildman–Crippen MR) is 82.8 cm³/mol. The van der Waals surface area contributed by atoms with Crippen molar-refractivity contribution < 1.29 is 18.7 Å². The molecule has 2 aromatic rings. The van der Waals surface area contributed by atoms with E-state index in [1.54, 1.807) is 29.0 Å². The monoisotopic (exact) mass is 319 g/mol. The predicted octanol–water partition coefficient (Wildman–Crippen LogP) is 2.22. The number of H-pyrrole nitrogens is 1. The van der Waals surface area contributed by atoms with Crippen molar-refractivity contribution in [3.8, 4) is 0 Å². The molecule has 0 unspecified atom stereocenters. The molecule has 0 bridgehead atoms. The lowest BCUT2D eigenvalue weighted by Gasteiger charge is -2.34. The molecule has 1 N–H and O–H groups in total. The number of nitrogens with one attached hydrogen (secondary N) is 1. The van der Waals surface area contributed by atoms with E-state index in [1.807, 2.05) is 0 Å². The Balaban J connectivity index is 1.72. The number of halogens is 1. The number of amides is 2. The lowest BCUT2D eigenvalue weighted by molar-refractivity contribution is 0.0572. The quantitative estimate of drug-likeness (QED) is 0.923. The van der Waals surface area contributed by atoms with Gasteiger partial charge < -0.3 is 19.5 Å². The van der Waals surface area contributed by atoms with E-state index in [0.29, 0.717) is 43.7 Å². The van der Waals surface area contributed by atoms with Crippen molar-refractivity contribution in [3.63, 3.8) is 0 Å². The van der Waals surface area contributed by atoms with E-state index in [2.05, 4.69) is 4.98 Å². The van der Waals surface area contributed by atoms with E-state index in [9.17, 15) is 14.0 Å². The summed E-state index contributed by atoms with van der Waals surface area (Å²) >= 11 is 0. The van der Waals surface area contributed by atoms with Gasteiger partial charge in [-0.1, -0.05) is 0 Å². The average Bonchev–Trinajstić information content (AvgIpc) is 2.97. The van der Waals surface area contributed by atoms with Gasteiger partial charge in [-0.05, 0) is 25.1 Å². The van der Waals surface area contributed by atoms with Crippen molar-refractivity contribution in [3.05, 3.63) is 35.8 Å². The first kappa shape index (κ1) is 15.3. The molecule has 1 saturated heterocycles. The zero-order valence-electron chi connectivity index (χ0n) is 12.8. The topological polar surface area (TPSA) is 65.6 Å². The Bertz CT molecular complexity index is 735. The van der Waals surface area contributed by atoms with Gasteiger partial charge in [-0.15, -0.1) is 0 Å². The third-order valence-corrected chi connectivity index (χ3v) is 3.97. The van der Waals surface area contributed by atoms with Gasteiger partial charge in [0.05, 0.1) is 12.2 Å². The van der Waals surface area contributed by atoms with Crippen LogP contribution in [0.4, 0.5) is 9.18 Å². The summed E-state index contributed by atoms with van der Waals surface area (Å²) in [7, 11) is 0. The third kappa shape index (κ3) is 2.99. The zero-order valence-corrected chi connectivity index (χ0v) is 12.8. The highest BCUT2D eigenvalue weighted by molar-refractivity contribution is 6.06. The van der Waals surface area contributed by atoms with Crippen molar-refractivity contribution in [1.29, 1.82) is 0 Å². The summed E-state index contributed by atoms with van der Waals surface area (Å²) < 4.78 is 18.4. The summed E-state index contributed by atoms with van der Waals surface area (Å²) in [4.78, 5) is 30.5. The van der Waals surface area contributed by atoms with E-state index in [4.69, 9.17) is 4.74 Å². The number of benzene rings is 1. The average molecular weight is 319 g/mol. The third-order valence-electron chi connectivity index (χ3n) is 3.97. The fourth-order valence-corrected chi connectivity index (χ4v) is 2.75. The number of hydrogen-bond acceptors (Lipinski definition) is 3. The van der Waals surface area contributed by atoms with Crippen molar-refractivity contribution in [2.45, 2.75) is 6.92 Å². The summed E-state index contributed by atoms with van der Waals surface area (Å²) in [5, 5.41) is 0.572. The second-order valence-corrected chi connectivity index (χ2v) is 5.37. The van der Waals surface area contributed by atoms with E-state index in [-0.39, 0.29) is 17.8 Å². The van der Waals surface area contributed by atoms with Crippen LogP contribution in [0.3, 0.4) is 0 Å². The van der Waals surface area contributed by atoms with Crippen LogP contribution in [0.25, 0.3) is 10.9 Å². The summed E-state index contributed by atoms with van der Waals surface area (Å²) in [6, 6.07) is 4.32. The molecular weight excluding hydrogens is 301 g/mol. The highest BCUT2D eigenvalue weighted by atomic mass is 19.1. The minimum atomic E-state index is -0.377. The standard InChI is InChI=1S/C16H18FN3O3/c1-2-23-16(22)20-7-5-19(6-8-20)15(21)13-10-18-14-4-3-11(17)9-12(13)14/h3-4,9-10,18H,2,5-8H2,1H3. The molecule has 122 valence electrons. The molecule has 1 aromatic carbocycles. The maximum atomic E-state index is 13.4. The highest BCUT2D eigenvalue weighted by Crippen LogP contribution is 2.21. The van der Waals surface area contributed by atoms with Crippen LogP contribution in [0.5, 0.6) is 0 Å². The lowest BCUT2D eigenvalue weighted by Crippen LogP contribution is -2.50. The van der Waals surface area contributed by atoms with Gasteiger partial charge in [0.1, 0.15) is 5.82 Å². The first-order valence-corrected chi connectivity index (χ1v) is 7.57. The van der Waals surface area contributed by atoms with E-state index in [0.717, 1.165) is 5.52 Å². The van der Waals surface area contributed by atoms with Crippen molar-refractivity contribution in [1.82, 2.24) is 14.8 Å². The fourth-order valence-electron chi connectivity index (χ4n) is 2.75. The van der Waals surface area contributed by atoms with E-state index in [1.165, 1.54) is 12.1 Å². The number of carbonyl (C=O) groups is 2. The van der Waals surface area contributed by atoms with Gasteiger partial charge in [0.2, 0.25) is 0 Å². The van der Waals surface area contributed by atoms with Crippen molar-refractivity contribution >= 4 is 22.9 Å². The van der Waals surface area contributed by atoms with Crippen LogP contribution < -0.4 is 0 Å². The number of carbonyl (C=O) groups excluding carboxylic acids is 2. The molecule has 23 heavy (non-hydrogen) atoms. The molecule has 7 heteroatoms. The van der Waals surface area contributed by atoms with Crippen LogP contribution in [0.1, 0.15) is 17.3 Å². The number of aromatic amines is 1. The molecule has 1 aromatic heterocycles. The Hall–Kier alpha value is -2.57. The molecule has 0 aliphatic carbocycles. The smallest absolute Gasteiger partial charge is 0.409 e. The summed E-state index contributed by atoms with van der Waals surface area (Å²) in [6.45, 7) is 3.81. The number of piperazine rings is 1. The number of hydrogen-bond donors (Lipinski definition) is 1. The maximum absolute atomic E-state index is 13.4. The Morgan fingerprint density at radius 1 is 1.22 bits per heavy atom. The Morgan fingerprint density at radius 2 is 1.91 bits per heavy atom. The van der Waals surface area contributed by atoms with Crippen LogP contribution in [0.15, 0.2) is 24.4 Å². The molecule has 0 atom stereocenters. The summed E-state index contributed by atoms with van der Waals surface area (Å²) in [5.41, 5.74) is 1.17. The molecule has 2 amide bonds. The second kappa shape index (κ2) is 6.28. The van der Waals surface area contributed by atoms with Crippen LogP contribution in [-0.4, -0.2) is 59.6 Å². The molecule has 3 rings (SSSR count). The fraction of sp³-hybridized carbons (Fsp3) is 0.375. The van der Waals surface area contributed by atoms with Crippen molar-refractivity contribution in [2.24, 2.45) is 0 Å². The minimum Gasteiger partial charge on any atom is -0.450 e. The largest absolute Gasteiger partial charge is 0.450 e. The minimum absolute atomic E-state index is 0.162. The maximum Gasteiger partial charge on any atom is 0.409 e. The second-order valence-electron chi connectivity index (χ2n) is 5.37. The van der Waals surface area contributed by atoms with Gasteiger partial charge >= 0.3 is 6.09 Å². The van der Waals surface area contributed by atoms with Gasteiger partial charge in [-0.3, -0.25) is 4.79 Å². The van der Waals surface area contributed by atoms with Gasteiger partial charge in [0, 0.05) is 43.3 Å². The summed E-state index contributed by atoms with van der Waals surface area (Å²) in [5.74, 6) is -0.538. The first-order chi connectivity index (χ1) is 11.1. The Kier molecular flexibility index (Phi) is 4.18. The lowest BCUT2D eigenvalue weighted by atomic mass is 10.1. The Morgan fingerprint density at radius 3 is 2.61 bits per heavy atom. The zero-order chi connectivity index (χ0) is 16.4. The molecule has 0 radical (unpaired) electrons. The number of ether oxygens (including phenoxy) is 1. The first-order valence-electron chi connectivity index (χ1n) is 7.57. The Labute approximate surface area is 132 Å². The number of nitrogens with zero attached hydrogens (tertiary/aromatic N) is 2. The van der Waals surface area contributed by atoms with Gasteiger partial charge in [-0.25, -0.2) is 9.18 Å². The van der Waals surface area contributed by atoms with E-state index < -0.39 is 0 Å². The molecule has 1 aliphatic rings. The molecule has 1 aliphatic heterocycles. The van der Waals surface area contributed by atoms with E-state index >= 15 is 0 Å². The molecule has 2 heterocycles. The van der Waals surface area contributed by atoms with Gasteiger partial charge in [-0.2, -0.15) is 0 Å². The van der Waals surface area contributed by atoms with Crippen LogP contribution >= 0.6 is 0 Å². The number of aromatic nitrogens is 1. The molecule has 0 saturated carbocycles. The normalized spacial score (nSPS) is 15.0. The summed E-state index contributed by atoms with van der Waals surface area (Å²) in [6.07, 6.45) is 1.25.